The normalized spacial score (nSPS) is 9.54. The number of nitrogens with two attached hydrogens (primary N) is 1. The molecule has 9 heteroatoms. The van der Waals surface area contributed by atoms with Gasteiger partial charge in [0.1, 0.15) is 0 Å². The molecule has 0 unspecified atom stereocenters. The first kappa shape index (κ1) is 19.6. The molecule has 0 aromatic rings. The van der Waals surface area contributed by atoms with E-state index >= 15 is 0 Å². The first-order valence-electron chi connectivity index (χ1n) is 2.99. The van der Waals surface area contributed by atoms with E-state index in [0.29, 0.717) is 12.4 Å². The lowest BCUT2D eigenvalue weighted by Crippen LogP contribution is -2.19. The lowest BCUT2D eigenvalue weighted by molar-refractivity contribution is 0.598. The molecule has 0 spiro atoms. The van der Waals surface area contributed by atoms with E-state index in [0.717, 1.165) is 0 Å². The molecule has 13 heavy (non-hydrogen) atoms. The van der Waals surface area contributed by atoms with Crippen molar-refractivity contribution in [3.05, 3.63) is 0 Å². The van der Waals surface area contributed by atoms with Crippen molar-refractivity contribution >= 4 is 55.5 Å². The summed E-state index contributed by atoms with van der Waals surface area (Å²) in [6, 6.07) is 0. The number of nitrogens with one attached hydrogen (secondary N) is 1. The Labute approximate surface area is 99.1 Å². The predicted octanol–water partition coefficient (Wildman–Crippen LogP) is 0.904. The van der Waals surface area contributed by atoms with Gasteiger partial charge in [-0.3, -0.25) is 0 Å². The lowest BCUT2D eigenvalue weighted by atomic mass is 10.8. The minimum Gasteiger partial charge on any atom is -0.329 e. The van der Waals surface area contributed by atoms with Gasteiger partial charge in [0.05, 0.1) is 0 Å². The van der Waals surface area contributed by atoms with Crippen LogP contribution in [0.15, 0.2) is 0 Å². The molecule has 0 aliphatic carbocycles. The van der Waals surface area contributed by atoms with Gasteiger partial charge in [-0.25, -0.2) is 4.72 Å². The van der Waals surface area contributed by atoms with E-state index in [9.17, 15) is 8.42 Å². The summed E-state index contributed by atoms with van der Waals surface area (Å²) in [7, 11) is 1.17. The van der Waals surface area contributed by atoms with Gasteiger partial charge in [-0.1, -0.05) is 0 Å². The van der Waals surface area contributed by atoms with Crippen LogP contribution in [0.4, 0.5) is 0 Å². The molecule has 0 radical (unpaired) electrons. The Hall–Kier alpha value is 1.03. The number of hydrogen-bond donors (Lipinski definition) is 2. The van der Waals surface area contributed by atoms with Crippen molar-refractivity contribution in [3.63, 3.8) is 0 Å². The van der Waals surface area contributed by atoms with Crippen LogP contribution in [0, 0.1) is 0 Å². The first-order valence-corrected chi connectivity index (χ1v) is 6.37. The van der Waals surface area contributed by atoms with Gasteiger partial charge in [-0.05, 0) is 0 Å². The summed E-state index contributed by atoms with van der Waals surface area (Å²) in [6.45, 7) is 0.759. The van der Waals surface area contributed by atoms with E-state index in [1.54, 1.807) is 0 Å². The third kappa shape index (κ3) is 32.1. The van der Waals surface area contributed by atoms with Crippen LogP contribution in [0.3, 0.4) is 0 Å². The average molecular weight is 294 g/mol. The molecule has 0 saturated heterocycles. The Balaban J connectivity index is -0.000000173. The van der Waals surface area contributed by atoms with Gasteiger partial charge < -0.3 is 5.73 Å². The minimum atomic E-state index is -3.55. The van der Waals surface area contributed by atoms with Crippen LogP contribution < -0.4 is 10.5 Å². The summed E-state index contributed by atoms with van der Waals surface area (Å²) >= 11 is 10.2. The van der Waals surface area contributed by atoms with Crippen LogP contribution in [0.25, 0.3) is 0 Å². The fourth-order valence-electron chi connectivity index (χ4n) is 0.160. The van der Waals surface area contributed by atoms with Crippen LogP contribution >= 0.6 is 46.3 Å². The van der Waals surface area contributed by atoms with Crippen LogP contribution in [-0.2, 0) is 9.24 Å². The molecule has 0 aromatic carbocycles. The maximum atomic E-state index is 9.99. The smallest absolute Gasteiger partial charge is 0.297 e. The van der Waals surface area contributed by atoms with Crippen molar-refractivity contribution in [2.24, 2.45) is 5.73 Å². The van der Waals surface area contributed by atoms with Gasteiger partial charge >= 0.3 is 0 Å². The molecule has 3 N–H and O–H groups in total. The van der Waals surface area contributed by atoms with Crippen molar-refractivity contribution in [3.8, 4) is 0 Å². The Morgan fingerprint density at radius 2 is 1.62 bits per heavy atom. The highest BCUT2D eigenvalue weighted by Crippen LogP contribution is 1.87. The van der Waals surface area contributed by atoms with Gasteiger partial charge in [0.2, 0.25) is 0 Å². The molecule has 4 nitrogen and oxygen atoms in total. The highest BCUT2D eigenvalue weighted by atomic mass is 35.7. The maximum absolute atomic E-state index is 9.99. The molecule has 0 amide bonds. The second-order valence-electron chi connectivity index (χ2n) is 1.50. The van der Waals surface area contributed by atoms with E-state index in [1.807, 2.05) is 4.72 Å². The van der Waals surface area contributed by atoms with E-state index in [-0.39, 0.29) is 24.8 Å². The highest BCUT2D eigenvalue weighted by Gasteiger charge is 1.99. The second kappa shape index (κ2) is 13.0. The zero-order chi connectivity index (χ0) is 10.0. The Kier molecular flexibility index (Phi) is 19.6. The standard InChI is InChI=1S/C2H5Cl2NO2S.C2H6ClN.ClH/c3-1-2-5-8(4,6)7;3-1-2-4;/h5H,1-2H2;1-2,4H2;1H. The van der Waals surface area contributed by atoms with Gasteiger partial charge in [0.25, 0.3) is 9.24 Å². The monoisotopic (exact) mass is 292 g/mol. The minimum absolute atomic E-state index is 0. The number of alkyl halides is 2. The molecular weight excluding hydrogens is 282 g/mol. The quantitative estimate of drug-likeness (QED) is 0.598. The second-order valence-corrected chi connectivity index (χ2v) is 4.64. The number of rotatable bonds is 4. The van der Waals surface area contributed by atoms with Gasteiger partial charge in [0, 0.05) is 35.5 Å². The summed E-state index contributed by atoms with van der Waals surface area (Å²) in [6.07, 6.45) is 0. The Bertz CT molecular complexity index is 173. The fraction of sp³-hybridized carbons (Fsp3) is 1.00. The molecule has 0 heterocycles. The molecule has 0 atom stereocenters. The SMILES string of the molecule is Cl.NCCCl.O=S(=O)(Cl)NCCCl. The van der Waals surface area contributed by atoms with E-state index in [4.69, 9.17) is 39.6 Å². The fourth-order valence-corrected chi connectivity index (χ4v) is 0.944. The molecule has 0 rings (SSSR count). The summed E-state index contributed by atoms with van der Waals surface area (Å²) < 4.78 is 21.9. The molecule has 0 aliphatic heterocycles. The third-order valence-electron chi connectivity index (χ3n) is 0.478. The molecular formula is C4H12Cl4N2O2S. The lowest BCUT2D eigenvalue weighted by Gasteiger charge is -1.91. The number of hydrogen-bond acceptors (Lipinski definition) is 3. The van der Waals surface area contributed by atoms with Crippen LogP contribution in [0.5, 0.6) is 0 Å². The topological polar surface area (TPSA) is 72.2 Å². The zero-order valence-electron chi connectivity index (χ0n) is 6.67. The van der Waals surface area contributed by atoms with Crippen molar-refractivity contribution in [1.29, 1.82) is 0 Å². The molecule has 0 aliphatic rings. The first-order chi connectivity index (χ1) is 5.47. The predicted molar refractivity (Wildman–Crippen MR) is 60.5 cm³/mol. The molecule has 0 fully saturated rings. The summed E-state index contributed by atoms with van der Waals surface area (Å²) in [4.78, 5) is 0. The molecule has 84 valence electrons. The van der Waals surface area contributed by atoms with Crippen LogP contribution in [0.2, 0.25) is 0 Å². The van der Waals surface area contributed by atoms with Crippen molar-refractivity contribution < 1.29 is 8.42 Å². The molecule has 0 aromatic heterocycles. The highest BCUT2D eigenvalue weighted by molar-refractivity contribution is 8.12. The van der Waals surface area contributed by atoms with Crippen LogP contribution in [-0.4, -0.2) is 33.3 Å². The Morgan fingerprint density at radius 3 is 1.69 bits per heavy atom. The van der Waals surface area contributed by atoms with Gasteiger partial charge in [-0.2, -0.15) is 8.42 Å². The van der Waals surface area contributed by atoms with Crippen molar-refractivity contribution in [2.75, 3.05) is 24.8 Å². The van der Waals surface area contributed by atoms with Gasteiger partial charge in [-0.15, -0.1) is 35.6 Å². The number of halogens is 4. The van der Waals surface area contributed by atoms with E-state index in [2.05, 4.69) is 0 Å². The maximum Gasteiger partial charge on any atom is 0.297 e. The van der Waals surface area contributed by atoms with Crippen molar-refractivity contribution in [2.45, 2.75) is 0 Å². The molecule has 0 saturated carbocycles. The summed E-state index contributed by atoms with van der Waals surface area (Å²) in [5, 5.41) is 0. The van der Waals surface area contributed by atoms with E-state index in [1.165, 1.54) is 0 Å². The third-order valence-corrected chi connectivity index (χ3v) is 1.76. The van der Waals surface area contributed by atoms with Gasteiger partial charge in [0.15, 0.2) is 0 Å². The van der Waals surface area contributed by atoms with Crippen molar-refractivity contribution in [1.82, 2.24) is 4.72 Å². The molecule has 0 bridgehead atoms. The Morgan fingerprint density at radius 1 is 1.23 bits per heavy atom. The van der Waals surface area contributed by atoms with Crippen LogP contribution in [0.1, 0.15) is 0 Å². The zero-order valence-corrected chi connectivity index (χ0v) is 10.6. The van der Waals surface area contributed by atoms with E-state index < -0.39 is 9.24 Å². The largest absolute Gasteiger partial charge is 0.329 e. The summed E-state index contributed by atoms with van der Waals surface area (Å²) in [5.41, 5.74) is 4.90. The summed E-state index contributed by atoms with van der Waals surface area (Å²) in [5.74, 6) is 0.798. The average Bonchev–Trinajstić information content (AvgIpc) is 2.00.